The Kier molecular flexibility index (Phi) is 5.85. The molecule has 0 saturated carbocycles. The number of hydrogen-bond donors (Lipinski definition) is 1. The number of ether oxygens (including phenoxy) is 1. The summed E-state index contributed by atoms with van der Waals surface area (Å²) in [5.74, 6) is 1.47. The number of benzene rings is 2. The molecule has 25 heavy (non-hydrogen) atoms. The molecule has 7 heteroatoms. The summed E-state index contributed by atoms with van der Waals surface area (Å²) in [6.45, 7) is 3.93. The van der Waals surface area contributed by atoms with Gasteiger partial charge < -0.3 is 10.1 Å². The van der Waals surface area contributed by atoms with E-state index in [-0.39, 0.29) is 0 Å². The van der Waals surface area contributed by atoms with Crippen LogP contribution in [0.25, 0.3) is 0 Å². The van der Waals surface area contributed by atoms with Crippen LogP contribution in [0.2, 0.25) is 5.02 Å². The predicted molar refractivity (Wildman–Crippen MR) is 97.7 cm³/mol. The topological polar surface area (TPSA) is 64.9 Å². The lowest BCUT2D eigenvalue weighted by Crippen LogP contribution is -2.08. The average molecular weight is 358 g/mol. The van der Waals surface area contributed by atoms with Gasteiger partial charge in [0.1, 0.15) is 12.4 Å². The Bertz CT molecular complexity index is 820. The van der Waals surface area contributed by atoms with Crippen LogP contribution in [0.3, 0.4) is 0 Å². The molecule has 0 aliphatic heterocycles. The lowest BCUT2D eigenvalue weighted by Gasteiger charge is -2.10. The smallest absolute Gasteiger partial charge is 0.243 e. The third kappa shape index (κ3) is 4.70. The fourth-order valence-corrected chi connectivity index (χ4v) is 2.59. The molecule has 0 fully saturated rings. The molecule has 0 atom stereocenters. The highest BCUT2D eigenvalue weighted by atomic mass is 35.5. The van der Waals surface area contributed by atoms with Gasteiger partial charge in [-0.3, -0.25) is 0 Å². The Labute approximate surface area is 151 Å². The zero-order chi connectivity index (χ0) is 17.5. The highest BCUT2D eigenvalue weighted by Crippen LogP contribution is 2.19. The molecule has 0 saturated heterocycles. The molecule has 0 aliphatic rings. The van der Waals surface area contributed by atoms with Crippen molar-refractivity contribution < 1.29 is 4.74 Å². The molecule has 0 unspecified atom stereocenters. The molecule has 0 radical (unpaired) electrons. The van der Waals surface area contributed by atoms with Crippen molar-refractivity contribution in [1.82, 2.24) is 20.2 Å². The van der Waals surface area contributed by atoms with Crippen LogP contribution in [0.15, 0.2) is 48.5 Å². The van der Waals surface area contributed by atoms with Crippen LogP contribution in [0.5, 0.6) is 5.75 Å². The Morgan fingerprint density at radius 2 is 2.04 bits per heavy atom. The Morgan fingerprint density at radius 1 is 1.16 bits per heavy atom. The van der Waals surface area contributed by atoms with Crippen molar-refractivity contribution in [3.8, 4) is 5.75 Å². The fourth-order valence-electron chi connectivity index (χ4n) is 2.40. The van der Waals surface area contributed by atoms with Crippen molar-refractivity contribution in [2.45, 2.75) is 33.0 Å². The van der Waals surface area contributed by atoms with Crippen LogP contribution in [-0.4, -0.2) is 20.2 Å². The molecule has 1 aromatic heterocycles. The first-order chi connectivity index (χ1) is 12.3. The molecule has 3 aromatic rings. The van der Waals surface area contributed by atoms with Gasteiger partial charge in [0.05, 0.1) is 0 Å². The second-order valence-electron chi connectivity index (χ2n) is 5.61. The van der Waals surface area contributed by atoms with Crippen molar-refractivity contribution in [2.24, 2.45) is 0 Å². The largest absolute Gasteiger partial charge is 0.489 e. The minimum Gasteiger partial charge on any atom is -0.489 e. The van der Waals surface area contributed by atoms with Crippen molar-refractivity contribution in [3.05, 3.63) is 64.7 Å². The molecule has 1 N–H and O–H groups in total. The van der Waals surface area contributed by atoms with Gasteiger partial charge in [0.2, 0.25) is 5.95 Å². The SMILES string of the molecule is CCCn1nnnc1NCc1cccc(OCc2ccccc2Cl)c1. The van der Waals surface area contributed by atoms with E-state index in [0.29, 0.717) is 24.1 Å². The van der Waals surface area contributed by atoms with E-state index in [0.717, 1.165) is 29.8 Å². The minimum absolute atomic E-state index is 0.436. The Morgan fingerprint density at radius 3 is 2.88 bits per heavy atom. The van der Waals surface area contributed by atoms with Gasteiger partial charge in [-0.2, -0.15) is 0 Å². The van der Waals surface area contributed by atoms with Crippen LogP contribution in [0.1, 0.15) is 24.5 Å². The number of aromatic nitrogens is 4. The van der Waals surface area contributed by atoms with E-state index in [4.69, 9.17) is 16.3 Å². The summed E-state index contributed by atoms with van der Waals surface area (Å²) in [6.07, 6.45) is 0.977. The number of halogens is 1. The molecule has 0 spiro atoms. The van der Waals surface area contributed by atoms with Crippen LogP contribution in [0.4, 0.5) is 5.95 Å². The van der Waals surface area contributed by atoms with E-state index < -0.39 is 0 Å². The van der Waals surface area contributed by atoms with E-state index in [9.17, 15) is 0 Å². The normalized spacial score (nSPS) is 10.6. The molecule has 0 bridgehead atoms. The van der Waals surface area contributed by atoms with Gasteiger partial charge in [0, 0.05) is 23.7 Å². The van der Waals surface area contributed by atoms with Crippen LogP contribution in [-0.2, 0) is 19.7 Å². The third-order valence-corrected chi connectivity index (χ3v) is 4.04. The van der Waals surface area contributed by atoms with E-state index in [1.165, 1.54) is 0 Å². The maximum atomic E-state index is 6.16. The van der Waals surface area contributed by atoms with Gasteiger partial charge in [0.25, 0.3) is 0 Å². The van der Waals surface area contributed by atoms with Crippen LogP contribution < -0.4 is 10.1 Å². The van der Waals surface area contributed by atoms with Gasteiger partial charge in [-0.05, 0) is 40.6 Å². The molecular weight excluding hydrogens is 338 g/mol. The average Bonchev–Trinajstić information content (AvgIpc) is 3.07. The standard InChI is InChI=1S/C18H20ClN5O/c1-2-10-24-18(21-22-23-24)20-12-14-6-5-8-16(11-14)25-13-15-7-3-4-9-17(15)19/h3-9,11H,2,10,12-13H2,1H3,(H,20,21,23). The first-order valence-electron chi connectivity index (χ1n) is 8.21. The summed E-state index contributed by atoms with van der Waals surface area (Å²) in [4.78, 5) is 0. The summed E-state index contributed by atoms with van der Waals surface area (Å²) >= 11 is 6.16. The number of rotatable bonds is 8. The number of tetrazole rings is 1. The number of anilines is 1. The van der Waals surface area contributed by atoms with Crippen LogP contribution >= 0.6 is 11.6 Å². The van der Waals surface area contributed by atoms with Crippen molar-refractivity contribution in [2.75, 3.05) is 5.32 Å². The Hall–Kier alpha value is -2.60. The van der Waals surface area contributed by atoms with Crippen LogP contribution in [0, 0.1) is 0 Å². The second kappa shape index (κ2) is 8.48. The fraction of sp³-hybridized carbons (Fsp3) is 0.278. The molecule has 0 amide bonds. The number of nitrogens with zero attached hydrogens (tertiary/aromatic N) is 4. The van der Waals surface area contributed by atoms with Crippen molar-refractivity contribution in [3.63, 3.8) is 0 Å². The molecular formula is C18H20ClN5O. The maximum Gasteiger partial charge on any atom is 0.243 e. The van der Waals surface area contributed by atoms with Crippen molar-refractivity contribution in [1.29, 1.82) is 0 Å². The van der Waals surface area contributed by atoms with Gasteiger partial charge >= 0.3 is 0 Å². The molecule has 2 aromatic carbocycles. The van der Waals surface area contributed by atoms with E-state index in [1.54, 1.807) is 4.68 Å². The van der Waals surface area contributed by atoms with Gasteiger partial charge in [-0.15, -0.1) is 0 Å². The summed E-state index contributed by atoms with van der Waals surface area (Å²) in [5.41, 5.74) is 2.05. The number of nitrogens with one attached hydrogen (secondary N) is 1. The minimum atomic E-state index is 0.436. The highest BCUT2D eigenvalue weighted by Gasteiger charge is 2.05. The first-order valence-corrected chi connectivity index (χ1v) is 8.59. The monoisotopic (exact) mass is 357 g/mol. The molecule has 1 heterocycles. The molecule has 3 rings (SSSR count). The maximum absolute atomic E-state index is 6.16. The third-order valence-electron chi connectivity index (χ3n) is 3.67. The lowest BCUT2D eigenvalue weighted by molar-refractivity contribution is 0.306. The zero-order valence-corrected chi connectivity index (χ0v) is 14.8. The lowest BCUT2D eigenvalue weighted by atomic mass is 10.2. The number of aryl methyl sites for hydroxylation is 1. The Balaban J connectivity index is 1.59. The summed E-state index contributed by atoms with van der Waals surface area (Å²) in [7, 11) is 0. The summed E-state index contributed by atoms with van der Waals surface area (Å²) in [5, 5.41) is 15.6. The van der Waals surface area contributed by atoms with Gasteiger partial charge in [0.15, 0.2) is 0 Å². The second-order valence-corrected chi connectivity index (χ2v) is 6.01. The molecule has 0 aliphatic carbocycles. The molecule has 130 valence electrons. The van der Waals surface area contributed by atoms with Gasteiger partial charge in [-0.1, -0.05) is 54.0 Å². The quantitative estimate of drug-likeness (QED) is 0.661. The van der Waals surface area contributed by atoms with Gasteiger partial charge in [-0.25, -0.2) is 4.68 Å². The summed E-state index contributed by atoms with van der Waals surface area (Å²) < 4.78 is 7.62. The predicted octanol–water partition coefficient (Wildman–Crippen LogP) is 3.93. The summed E-state index contributed by atoms with van der Waals surface area (Å²) in [6, 6.07) is 15.6. The number of hydrogen-bond acceptors (Lipinski definition) is 5. The zero-order valence-electron chi connectivity index (χ0n) is 14.0. The first kappa shape index (κ1) is 17.2. The molecule has 6 nitrogen and oxygen atoms in total. The van der Waals surface area contributed by atoms with E-state index in [1.807, 2.05) is 48.5 Å². The van der Waals surface area contributed by atoms with Crippen molar-refractivity contribution >= 4 is 17.5 Å². The van der Waals surface area contributed by atoms with E-state index in [2.05, 4.69) is 27.8 Å². The van der Waals surface area contributed by atoms with E-state index >= 15 is 0 Å². The highest BCUT2D eigenvalue weighted by molar-refractivity contribution is 6.31.